The summed E-state index contributed by atoms with van der Waals surface area (Å²) < 4.78 is 17.5. The normalized spacial score (nSPS) is 16.8. The average molecular weight is 1280 g/mol. The zero-order chi connectivity index (χ0) is 64.2. The van der Waals surface area contributed by atoms with E-state index in [4.69, 9.17) is 42.0 Å². The lowest BCUT2D eigenvalue weighted by Crippen LogP contribution is -2.45. The number of ether oxygens (including phenoxy) is 1. The Morgan fingerprint density at radius 1 is 0.630 bits per heavy atom. The van der Waals surface area contributed by atoms with Gasteiger partial charge in [-0.05, 0) is 147 Å². The Balaban J connectivity index is 0.000000178. The number of carbonyl (C=O) groups is 1. The van der Waals surface area contributed by atoms with Gasteiger partial charge in [-0.15, -0.1) is 20.4 Å². The van der Waals surface area contributed by atoms with Crippen molar-refractivity contribution < 1.29 is 23.5 Å². The number of carbonyl (C=O) groups excluding carboxylic acids is 1. The number of aliphatic hydroxyl groups excluding tert-OH is 1. The molecule has 23 nitrogen and oxygen atoms in total. The lowest BCUT2D eigenvalue weighted by Gasteiger charge is -2.36. The number of hydrogen-bond donors (Lipinski definition) is 4. The van der Waals surface area contributed by atoms with Gasteiger partial charge in [0.05, 0.1) is 49.3 Å². The van der Waals surface area contributed by atoms with Gasteiger partial charge in [-0.3, -0.25) is 34.3 Å². The van der Waals surface area contributed by atoms with Crippen LogP contribution in [0.3, 0.4) is 0 Å². The first-order chi connectivity index (χ1) is 44.6. The van der Waals surface area contributed by atoms with E-state index in [2.05, 4.69) is 65.2 Å². The molecule has 4 aromatic carbocycles. The summed E-state index contributed by atoms with van der Waals surface area (Å²) in [4.78, 5) is 63.3. The second kappa shape index (κ2) is 27.2. The fourth-order valence-electron chi connectivity index (χ4n) is 11.6. The average Bonchev–Trinajstić information content (AvgIpc) is 1.61. The molecular weight excluding hydrogens is 1210 g/mol. The minimum atomic E-state index is -0.843. The molecule has 6 aromatic heterocycles. The van der Waals surface area contributed by atoms with E-state index in [-0.39, 0.29) is 27.9 Å². The maximum absolute atomic E-state index is 12.8. The van der Waals surface area contributed by atoms with E-state index in [0.29, 0.717) is 52.1 Å². The number of nitrogens with zero attached hydrogens (tertiary/aromatic N) is 13. The van der Waals surface area contributed by atoms with Crippen molar-refractivity contribution >= 4 is 74.1 Å². The van der Waals surface area contributed by atoms with Gasteiger partial charge in [-0.1, -0.05) is 37.0 Å². The Morgan fingerprint density at radius 2 is 1.12 bits per heavy atom. The number of fused-ring (bicyclic) bond motifs is 2. The maximum Gasteiger partial charge on any atom is 0.415 e. The van der Waals surface area contributed by atoms with Crippen molar-refractivity contribution in [1.29, 1.82) is 10.5 Å². The van der Waals surface area contributed by atoms with Crippen LogP contribution in [0.2, 0.25) is 10.0 Å². The number of hydrogen-bond acceptors (Lipinski definition) is 20. The van der Waals surface area contributed by atoms with E-state index >= 15 is 0 Å². The molecule has 3 fully saturated rings. The predicted molar refractivity (Wildman–Crippen MR) is 349 cm³/mol. The number of anilines is 4. The van der Waals surface area contributed by atoms with Crippen LogP contribution in [0, 0.1) is 22.7 Å². The van der Waals surface area contributed by atoms with Crippen molar-refractivity contribution in [2.24, 2.45) is 0 Å². The van der Waals surface area contributed by atoms with E-state index in [1.807, 2.05) is 111 Å². The molecule has 3 aliphatic heterocycles. The van der Waals surface area contributed by atoms with Crippen LogP contribution in [0.25, 0.3) is 45.0 Å². The molecule has 0 saturated carbocycles. The van der Waals surface area contributed by atoms with Gasteiger partial charge < -0.3 is 43.8 Å². The zero-order valence-corrected chi connectivity index (χ0v) is 52.3. The Bertz CT molecular complexity index is 4540. The molecule has 0 aliphatic carbocycles. The molecule has 92 heavy (non-hydrogen) atoms. The highest BCUT2D eigenvalue weighted by molar-refractivity contribution is 6.32. The predicted octanol–water partition coefficient (Wildman–Crippen LogP) is 10.4. The summed E-state index contributed by atoms with van der Waals surface area (Å²) in [7, 11) is 0. The molecule has 25 heteroatoms. The number of aliphatic hydroxyl groups is 1. The monoisotopic (exact) mass is 1270 g/mol. The summed E-state index contributed by atoms with van der Waals surface area (Å²) in [5, 5.41) is 49.4. The Labute approximate surface area is 538 Å². The van der Waals surface area contributed by atoms with Crippen LogP contribution in [-0.2, 0) is 30.7 Å². The Morgan fingerprint density at radius 3 is 1.61 bits per heavy atom. The number of piperazine rings is 2. The molecule has 10 aromatic rings. The first-order valence-corrected chi connectivity index (χ1v) is 31.1. The van der Waals surface area contributed by atoms with Crippen LogP contribution in [0.5, 0.6) is 0 Å². The van der Waals surface area contributed by atoms with Crippen LogP contribution < -0.4 is 31.1 Å². The van der Waals surface area contributed by atoms with Crippen molar-refractivity contribution in [1.82, 2.24) is 50.1 Å². The van der Waals surface area contributed by atoms with Gasteiger partial charge in [0, 0.05) is 123 Å². The standard InChI is InChI=1S/C34H31ClN8O4.C33H33ClN8O3/c1-3-22-15-28-29(38-31(22)44)14-21(18-37-28)19-41-10-12-42(13-11-41)25-7-4-23(5-8-25)32-39-40-33(47-32)30-20(2)46-34(45)43(30)26-9-6-24(17-36)27(35)16-26;1-3-22-15-28-29(38-31(22)44)14-21(18-36-28)19-41-10-12-42(13-11-41)26-8-5-23(6-9-26)32-39-40-33(45-32)30(20(2)43)37-25-7-4-24(17-35)27(34)16-25/h4-9,14-16,18,20,30H,3,10-13,19H2,1-2H3,(H,38,44);4-9,14-16,18,20,30,37,43H,3,10-13,19H2,1-2H3,(H,38,44)/t2*20-,30+/m00/s1. The molecule has 4 N–H and O–H groups in total. The van der Waals surface area contributed by atoms with Crippen molar-refractivity contribution in [3.8, 4) is 35.0 Å². The summed E-state index contributed by atoms with van der Waals surface area (Å²) in [6.07, 6.45) is 3.19. The largest absolute Gasteiger partial charge is 0.443 e. The van der Waals surface area contributed by atoms with E-state index in [0.717, 1.165) is 132 Å². The third kappa shape index (κ3) is 13.5. The summed E-state index contributed by atoms with van der Waals surface area (Å²) in [5.74, 6) is 1.15. The van der Waals surface area contributed by atoms with E-state index in [1.165, 1.54) is 4.90 Å². The first-order valence-electron chi connectivity index (χ1n) is 30.3. The third-order valence-corrected chi connectivity index (χ3v) is 17.4. The number of aromatic nitrogens is 8. The van der Waals surface area contributed by atoms with Gasteiger partial charge >= 0.3 is 6.09 Å². The summed E-state index contributed by atoms with van der Waals surface area (Å²) in [5.41, 5.74) is 12.2. The number of benzene rings is 4. The van der Waals surface area contributed by atoms with Crippen molar-refractivity contribution in [3.05, 3.63) is 198 Å². The molecular formula is C67H64Cl2N16O7. The highest BCUT2D eigenvalue weighted by Gasteiger charge is 2.45. The quantitative estimate of drug-likeness (QED) is 0.0699. The lowest BCUT2D eigenvalue weighted by molar-refractivity contribution is 0.138. The Hall–Kier alpha value is -10.0. The second-order valence-electron chi connectivity index (χ2n) is 22.9. The topological polar surface area (TPSA) is 292 Å². The molecule has 0 bridgehead atoms. The summed E-state index contributed by atoms with van der Waals surface area (Å²) in [6.45, 7) is 15.9. The van der Waals surface area contributed by atoms with Gasteiger partial charge in [0.25, 0.3) is 11.1 Å². The molecule has 1 amide bonds. The minimum absolute atomic E-state index is 0.0467. The molecule has 3 aliphatic rings. The molecule has 0 radical (unpaired) electrons. The number of rotatable bonds is 16. The maximum atomic E-state index is 12.8. The third-order valence-electron chi connectivity index (χ3n) is 16.8. The number of amides is 1. The number of nitriles is 2. The number of pyridine rings is 4. The van der Waals surface area contributed by atoms with Crippen LogP contribution in [0.15, 0.2) is 140 Å². The van der Waals surface area contributed by atoms with Gasteiger partial charge in [0.15, 0.2) is 6.04 Å². The molecule has 0 unspecified atom stereocenters. The summed E-state index contributed by atoms with van der Waals surface area (Å²) in [6, 6.07) is 36.2. The molecule has 13 rings (SSSR count). The number of H-pyrrole nitrogens is 2. The minimum Gasteiger partial charge on any atom is -0.443 e. The van der Waals surface area contributed by atoms with E-state index in [9.17, 15) is 24.8 Å². The molecule has 0 spiro atoms. The van der Waals surface area contributed by atoms with Gasteiger partial charge in [-0.25, -0.2) is 4.79 Å². The zero-order valence-electron chi connectivity index (χ0n) is 50.8. The van der Waals surface area contributed by atoms with Gasteiger partial charge in [0.1, 0.15) is 24.3 Å². The molecule has 3 saturated heterocycles. The summed E-state index contributed by atoms with van der Waals surface area (Å²) >= 11 is 12.4. The molecule has 468 valence electrons. The number of nitrogens with one attached hydrogen (secondary N) is 3. The number of halogens is 2. The van der Waals surface area contributed by atoms with Crippen molar-refractivity contribution in [2.75, 3.05) is 72.4 Å². The smallest absolute Gasteiger partial charge is 0.415 e. The Kier molecular flexibility index (Phi) is 18.4. The molecule has 4 atom stereocenters. The first kappa shape index (κ1) is 62.2. The van der Waals surface area contributed by atoms with Crippen LogP contribution in [0.1, 0.15) is 84.9 Å². The SMILES string of the molecule is CCc1cc2ncc(CN3CCN(c4ccc(-c5nnc([C@H](Nc6ccc(C#N)c(Cl)c6)[C@H](C)O)o5)cc4)CC3)cc2[nH]c1=O.CCc1cc2ncc(CN3CCN(c4ccc(-c5nnc([C@H]6[C@H](C)OC(=O)N6c6ccc(C#N)c(Cl)c6)o5)cc4)CC3)cc2[nH]c1=O. The fraction of sp³-hybridized carbons (Fsp3) is 0.299. The van der Waals surface area contributed by atoms with E-state index in [1.54, 1.807) is 50.2 Å². The van der Waals surface area contributed by atoms with Crippen molar-refractivity contribution in [3.63, 3.8) is 0 Å². The van der Waals surface area contributed by atoms with Crippen LogP contribution >= 0.6 is 23.2 Å². The number of cyclic esters (lactones) is 1. The molecule has 9 heterocycles. The van der Waals surface area contributed by atoms with Crippen molar-refractivity contribution in [2.45, 2.75) is 77.9 Å². The second-order valence-corrected chi connectivity index (χ2v) is 23.7. The highest BCUT2D eigenvalue weighted by Crippen LogP contribution is 2.39. The number of aryl methyl sites for hydroxylation is 2. The fourth-order valence-corrected chi connectivity index (χ4v) is 12.1. The van der Waals surface area contributed by atoms with Crippen LogP contribution in [0.4, 0.5) is 27.5 Å². The van der Waals surface area contributed by atoms with Gasteiger partial charge in [0.2, 0.25) is 23.6 Å². The van der Waals surface area contributed by atoms with Gasteiger partial charge in [-0.2, -0.15) is 10.5 Å². The van der Waals surface area contributed by atoms with Crippen LogP contribution in [-0.4, -0.2) is 126 Å². The number of aromatic amines is 2. The van der Waals surface area contributed by atoms with E-state index < -0.39 is 30.4 Å². The highest BCUT2D eigenvalue weighted by atomic mass is 35.5. The lowest BCUT2D eigenvalue weighted by atomic mass is 10.1.